The van der Waals surface area contributed by atoms with E-state index < -0.39 is 17.6 Å². The van der Waals surface area contributed by atoms with Gasteiger partial charge in [-0.15, -0.1) is 0 Å². The van der Waals surface area contributed by atoms with Crippen molar-refractivity contribution in [2.45, 2.75) is 13.0 Å². The standard InChI is InChI=1S/C10H12FNO2/c1-6(12)10(13)8-4-3-7(14-2)5-9(8)11/h3-6H,12H2,1-2H3. The van der Waals surface area contributed by atoms with Gasteiger partial charge < -0.3 is 10.5 Å². The highest BCUT2D eigenvalue weighted by atomic mass is 19.1. The fraction of sp³-hybridized carbons (Fsp3) is 0.300. The van der Waals surface area contributed by atoms with Gasteiger partial charge in [-0.05, 0) is 19.1 Å². The van der Waals surface area contributed by atoms with Crippen LogP contribution in [-0.4, -0.2) is 18.9 Å². The lowest BCUT2D eigenvalue weighted by molar-refractivity contribution is 0.0964. The molecule has 0 amide bonds. The second-order valence-corrected chi connectivity index (χ2v) is 3.00. The minimum absolute atomic E-state index is 0.000741. The van der Waals surface area contributed by atoms with E-state index in [-0.39, 0.29) is 5.56 Å². The lowest BCUT2D eigenvalue weighted by atomic mass is 10.1. The van der Waals surface area contributed by atoms with Gasteiger partial charge in [0.15, 0.2) is 5.78 Å². The molecule has 0 fully saturated rings. The zero-order valence-corrected chi connectivity index (χ0v) is 8.08. The summed E-state index contributed by atoms with van der Waals surface area (Å²) in [7, 11) is 1.43. The summed E-state index contributed by atoms with van der Waals surface area (Å²) in [5, 5.41) is 0. The third kappa shape index (κ3) is 2.09. The maximum absolute atomic E-state index is 13.3. The molecule has 0 aliphatic carbocycles. The fourth-order valence-electron chi connectivity index (χ4n) is 1.07. The molecule has 0 saturated carbocycles. The summed E-state index contributed by atoms with van der Waals surface area (Å²) < 4.78 is 18.1. The first kappa shape index (κ1) is 10.7. The molecule has 76 valence electrons. The highest BCUT2D eigenvalue weighted by Crippen LogP contribution is 2.17. The molecule has 3 nitrogen and oxygen atoms in total. The number of carbonyl (C=O) groups excluding carboxylic acids is 1. The number of nitrogens with two attached hydrogens (primary N) is 1. The number of hydrogen-bond donors (Lipinski definition) is 1. The molecule has 0 spiro atoms. The first-order chi connectivity index (χ1) is 6.56. The molecular formula is C10H12FNO2. The van der Waals surface area contributed by atoms with Crippen molar-refractivity contribution in [2.24, 2.45) is 5.73 Å². The van der Waals surface area contributed by atoms with Crippen molar-refractivity contribution in [1.82, 2.24) is 0 Å². The molecule has 1 aromatic rings. The van der Waals surface area contributed by atoms with Gasteiger partial charge in [0.2, 0.25) is 0 Å². The molecule has 4 heteroatoms. The molecule has 0 bridgehead atoms. The van der Waals surface area contributed by atoms with Crippen molar-refractivity contribution in [3.8, 4) is 5.75 Å². The molecule has 1 unspecified atom stereocenters. The molecule has 1 aromatic carbocycles. The lowest BCUT2D eigenvalue weighted by Crippen LogP contribution is -2.27. The van der Waals surface area contributed by atoms with Crippen molar-refractivity contribution in [1.29, 1.82) is 0 Å². The zero-order valence-electron chi connectivity index (χ0n) is 8.08. The third-order valence-electron chi connectivity index (χ3n) is 1.86. The number of benzene rings is 1. The summed E-state index contributed by atoms with van der Waals surface area (Å²) in [6, 6.07) is 3.37. The average Bonchev–Trinajstić information content (AvgIpc) is 2.16. The number of Topliss-reactive ketones (excluding diaryl/α,β-unsaturated/α-hetero) is 1. The monoisotopic (exact) mass is 197 g/mol. The van der Waals surface area contributed by atoms with Crippen LogP contribution in [0, 0.1) is 5.82 Å². The van der Waals surface area contributed by atoms with Gasteiger partial charge in [0.25, 0.3) is 0 Å². The molecule has 0 aromatic heterocycles. The Hall–Kier alpha value is -1.42. The van der Waals surface area contributed by atoms with Crippen molar-refractivity contribution in [3.05, 3.63) is 29.6 Å². The minimum atomic E-state index is -0.696. The van der Waals surface area contributed by atoms with Crippen LogP contribution in [0.1, 0.15) is 17.3 Å². The van der Waals surface area contributed by atoms with Gasteiger partial charge in [-0.3, -0.25) is 4.79 Å². The highest BCUT2D eigenvalue weighted by molar-refractivity contribution is 6.00. The van der Waals surface area contributed by atoms with E-state index in [4.69, 9.17) is 10.5 Å². The molecule has 0 radical (unpaired) electrons. The molecule has 1 atom stereocenters. The summed E-state index contributed by atoms with van der Waals surface area (Å²) in [6.45, 7) is 1.52. The van der Waals surface area contributed by atoms with Crippen LogP contribution < -0.4 is 10.5 Å². The Bertz CT molecular complexity index is 350. The van der Waals surface area contributed by atoms with Crippen molar-refractivity contribution in [2.75, 3.05) is 7.11 Å². The number of rotatable bonds is 3. The Balaban J connectivity index is 3.06. The van der Waals surface area contributed by atoms with Gasteiger partial charge in [-0.25, -0.2) is 4.39 Å². The van der Waals surface area contributed by atoms with Gasteiger partial charge in [0.1, 0.15) is 11.6 Å². The van der Waals surface area contributed by atoms with Crippen molar-refractivity contribution < 1.29 is 13.9 Å². The Morgan fingerprint density at radius 2 is 2.21 bits per heavy atom. The number of methoxy groups -OCH3 is 1. The number of ether oxygens (including phenoxy) is 1. The summed E-state index contributed by atoms with van der Waals surface area (Å²) in [6.07, 6.45) is 0. The van der Waals surface area contributed by atoms with E-state index in [0.29, 0.717) is 5.75 Å². The van der Waals surface area contributed by atoms with Crippen LogP contribution in [0.15, 0.2) is 18.2 Å². The normalized spacial score (nSPS) is 12.3. The predicted molar refractivity (Wildman–Crippen MR) is 50.9 cm³/mol. The summed E-state index contributed by atoms with van der Waals surface area (Å²) >= 11 is 0. The SMILES string of the molecule is COc1ccc(C(=O)C(C)N)c(F)c1. The average molecular weight is 197 g/mol. The molecule has 14 heavy (non-hydrogen) atoms. The molecule has 0 aliphatic heterocycles. The molecule has 0 heterocycles. The molecule has 1 rings (SSSR count). The number of ketones is 1. The van der Waals surface area contributed by atoms with Crippen molar-refractivity contribution in [3.63, 3.8) is 0 Å². The summed E-state index contributed by atoms with van der Waals surface area (Å²) in [5.74, 6) is -0.638. The molecule has 0 aliphatic rings. The fourth-order valence-corrected chi connectivity index (χ4v) is 1.07. The summed E-state index contributed by atoms with van der Waals surface area (Å²) in [4.78, 5) is 11.4. The topological polar surface area (TPSA) is 52.3 Å². The Morgan fingerprint density at radius 1 is 1.57 bits per heavy atom. The van der Waals surface area contributed by atoms with Gasteiger partial charge in [0, 0.05) is 6.07 Å². The van der Waals surface area contributed by atoms with E-state index in [1.54, 1.807) is 0 Å². The first-order valence-electron chi connectivity index (χ1n) is 4.19. The van der Waals surface area contributed by atoms with Crippen LogP contribution in [0.5, 0.6) is 5.75 Å². The Labute approximate surface area is 81.7 Å². The Morgan fingerprint density at radius 3 is 2.64 bits per heavy atom. The summed E-state index contributed by atoms with van der Waals surface area (Å²) in [5.41, 5.74) is 5.36. The van der Waals surface area contributed by atoms with E-state index >= 15 is 0 Å². The number of carbonyl (C=O) groups is 1. The van der Waals surface area contributed by atoms with Crippen LogP contribution >= 0.6 is 0 Å². The maximum atomic E-state index is 13.3. The second-order valence-electron chi connectivity index (χ2n) is 3.00. The minimum Gasteiger partial charge on any atom is -0.497 e. The van der Waals surface area contributed by atoms with Crippen LogP contribution in [-0.2, 0) is 0 Å². The van der Waals surface area contributed by atoms with E-state index in [9.17, 15) is 9.18 Å². The highest BCUT2D eigenvalue weighted by Gasteiger charge is 2.15. The van der Waals surface area contributed by atoms with Crippen molar-refractivity contribution >= 4 is 5.78 Å². The molecule has 2 N–H and O–H groups in total. The second kappa shape index (κ2) is 4.19. The van der Waals surface area contributed by atoms with Gasteiger partial charge in [0.05, 0.1) is 18.7 Å². The lowest BCUT2D eigenvalue weighted by Gasteiger charge is -2.06. The smallest absolute Gasteiger partial charge is 0.182 e. The largest absolute Gasteiger partial charge is 0.497 e. The quantitative estimate of drug-likeness (QED) is 0.744. The van der Waals surface area contributed by atoms with Crippen LogP contribution in [0.2, 0.25) is 0 Å². The molecular weight excluding hydrogens is 185 g/mol. The van der Waals surface area contributed by atoms with E-state index in [1.807, 2.05) is 0 Å². The molecule has 0 saturated heterocycles. The van der Waals surface area contributed by atoms with Crippen LogP contribution in [0.3, 0.4) is 0 Å². The first-order valence-corrected chi connectivity index (χ1v) is 4.19. The zero-order chi connectivity index (χ0) is 10.7. The van der Waals surface area contributed by atoms with E-state index in [0.717, 1.165) is 6.07 Å². The van der Waals surface area contributed by atoms with E-state index in [1.165, 1.54) is 26.2 Å². The van der Waals surface area contributed by atoms with Gasteiger partial charge in [-0.2, -0.15) is 0 Å². The Kier molecular flexibility index (Phi) is 3.19. The predicted octanol–water partition coefficient (Wildman–Crippen LogP) is 1.36. The van der Waals surface area contributed by atoms with Crippen LogP contribution in [0.25, 0.3) is 0 Å². The van der Waals surface area contributed by atoms with Crippen LogP contribution in [0.4, 0.5) is 4.39 Å². The van der Waals surface area contributed by atoms with E-state index in [2.05, 4.69) is 0 Å². The third-order valence-corrected chi connectivity index (χ3v) is 1.86. The number of halogens is 1. The number of hydrogen-bond acceptors (Lipinski definition) is 3. The maximum Gasteiger partial charge on any atom is 0.182 e. The van der Waals surface area contributed by atoms with Gasteiger partial charge >= 0.3 is 0 Å². The van der Waals surface area contributed by atoms with Gasteiger partial charge in [-0.1, -0.05) is 0 Å².